The first-order valence-corrected chi connectivity index (χ1v) is 5.08. The molecule has 2 heterocycles. The Bertz CT molecular complexity index is 256. The number of hydrogen-bond acceptors (Lipinski definition) is 1. The highest BCUT2D eigenvalue weighted by Crippen LogP contribution is 2.30. The van der Waals surface area contributed by atoms with Crippen LogP contribution in [0.15, 0.2) is 18.3 Å². The van der Waals surface area contributed by atoms with E-state index in [1.807, 2.05) is 6.20 Å². The van der Waals surface area contributed by atoms with Gasteiger partial charge in [0.15, 0.2) is 0 Å². The summed E-state index contributed by atoms with van der Waals surface area (Å²) in [4.78, 5) is 3.31. The Balaban J connectivity index is 2.19. The maximum atomic E-state index is 3.57. The third kappa shape index (κ3) is 1.51. The summed E-state index contributed by atoms with van der Waals surface area (Å²) < 4.78 is 0. The zero-order valence-electron chi connectivity index (χ0n) is 8.43. The molecule has 0 unspecified atom stereocenters. The Morgan fingerprint density at radius 2 is 2.31 bits per heavy atom. The van der Waals surface area contributed by atoms with Gasteiger partial charge in [-0.15, -0.1) is 0 Å². The Hall–Kier alpha value is -0.760. The van der Waals surface area contributed by atoms with Gasteiger partial charge >= 0.3 is 0 Å². The molecule has 0 bridgehead atoms. The molecule has 2 N–H and O–H groups in total. The van der Waals surface area contributed by atoms with Crippen LogP contribution in [0, 0.1) is 0 Å². The molecular weight excluding hydrogens is 160 g/mol. The number of aromatic nitrogens is 1. The van der Waals surface area contributed by atoms with E-state index in [1.165, 1.54) is 25.1 Å². The van der Waals surface area contributed by atoms with Crippen LogP contribution < -0.4 is 5.32 Å². The van der Waals surface area contributed by atoms with Crippen LogP contribution in [-0.2, 0) is 5.41 Å². The maximum Gasteiger partial charge on any atom is 0.0220 e. The molecule has 1 aliphatic heterocycles. The van der Waals surface area contributed by atoms with Gasteiger partial charge in [0.25, 0.3) is 0 Å². The van der Waals surface area contributed by atoms with E-state index >= 15 is 0 Å². The molecule has 13 heavy (non-hydrogen) atoms. The SMILES string of the molecule is CC(C)(c1ccc[nH]1)[C@H]1CCCN1. The van der Waals surface area contributed by atoms with E-state index in [0.29, 0.717) is 6.04 Å². The summed E-state index contributed by atoms with van der Waals surface area (Å²) in [5.74, 6) is 0. The topological polar surface area (TPSA) is 27.8 Å². The monoisotopic (exact) mass is 178 g/mol. The minimum atomic E-state index is 0.236. The van der Waals surface area contributed by atoms with Crippen molar-refractivity contribution in [3.63, 3.8) is 0 Å². The number of aromatic amines is 1. The lowest BCUT2D eigenvalue weighted by Gasteiger charge is -2.30. The van der Waals surface area contributed by atoms with Crippen LogP contribution in [0.2, 0.25) is 0 Å². The molecule has 1 saturated heterocycles. The van der Waals surface area contributed by atoms with Crippen LogP contribution in [0.3, 0.4) is 0 Å². The Morgan fingerprint density at radius 1 is 1.46 bits per heavy atom. The van der Waals surface area contributed by atoms with Crippen molar-refractivity contribution in [3.8, 4) is 0 Å². The molecule has 1 aliphatic rings. The smallest absolute Gasteiger partial charge is 0.0220 e. The summed E-state index contributed by atoms with van der Waals surface area (Å²) in [7, 11) is 0. The van der Waals surface area contributed by atoms with Crippen molar-refractivity contribution < 1.29 is 0 Å². The van der Waals surface area contributed by atoms with Crippen molar-refractivity contribution in [1.82, 2.24) is 10.3 Å². The highest BCUT2D eigenvalue weighted by Gasteiger charge is 2.33. The average Bonchev–Trinajstić information content (AvgIpc) is 2.78. The predicted octanol–water partition coefficient (Wildman–Crippen LogP) is 2.04. The second-order valence-corrected chi connectivity index (χ2v) is 4.45. The Labute approximate surface area is 79.7 Å². The molecule has 0 aromatic carbocycles. The highest BCUT2D eigenvalue weighted by molar-refractivity contribution is 5.19. The third-order valence-corrected chi connectivity index (χ3v) is 3.22. The van der Waals surface area contributed by atoms with Crippen molar-refractivity contribution >= 4 is 0 Å². The lowest BCUT2D eigenvalue weighted by atomic mass is 9.80. The van der Waals surface area contributed by atoms with Gasteiger partial charge in [0, 0.05) is 23.3 Å². The van der Waals surface area contributed by atoms with Gasteiger partial charge in [-0.05, 0) is 31.5 Å². The lowest BCUT2D eigenvalue weighted by Crippen LogP contribution is -2.40. The molecule has 2 rings (SSSR count). The Morgan fingerprint density at radius 3 is 2.85 bits per heavy atom. The van der Waals surface area contributed by atoms with Crippen LogP contribution in [0.25, 0.3) is 0 Å². The first kappa shape index (κ1) is 8.82. The summed E-state index contributed by atoms with van der Waals surface area (Å²) in [6.45, 7) is 5.79. The molecule has 1 aromatic rings. The quantitative estimate of drug-likeness (QED) is 0.712. The van der Waals surface area contributed by atoms with E-state index in [0.717, 1.165) is 0 Å². The van der Waals surface area contributed by atoms with E-state index in [4.69, 9.17) is 0 Å². The van der Waals surface area contributed by atoms with Gasteiger partial charge in [-0.2, -0.15) is 0 Å². The minimum Gasteiger partial charge on any atom is -0.365 e. The zero-order chi connectivity index (χ0) is 9.31. The largest absolute Gasteiger partial charge is 0.365 e. The van der Waals surface area contributed by atoms with Gasteiger partial charge in [-0.3, -0.25) is 0 Å². The fraction of sp³-hybridized carbons (Fsp3) is 0.636. The summed E-state index contributed by atoms with van der Waals surface area (Å²) in [5.41, 5.74) is 1.58. The van der Waals surface area contributed by atoms with E-state index in [-0.39, 0.29) is 5.41 Å². The maximum absolute atomic E-state index is 3.57. The molecule has 0 saturated carbocycles. The molecule has 0 amide bonds. The van der Waals surface area contributed by atoms with Crippen LogP contribution in [0.4, 0.5) is 0 Å². The molecule has 0 aliphatic carbocycles. The minimum absolute atomic E-state index is 0.236. The summed E-state index contributed by atoms with van der Waals surface area (Å²) >= 11 is 0. The zero-order valence-corrected chi connectivity index (χ0v) is 8.43. The normalized spacial score (nSPS) is 23.7. The van der Waals surface area contributed by atoms with E-state index in [2.05, 4.69) is 36.3 Å². The van der Waals surface area contributed by atoms with Gasteiger partial charge in [-0.1, -0.05) is 13.8 Å². The summed E-state index contributed by atoms with van der Waals surface area (Å²) in [6.07, 6.45) is 4.62. The number of hydrogen-bond donors (Lipinski definition) is 2. The molecule has 0 spiro atoms. The average molecular weight is 178 g/mol. The van der Waals surface area contributed by atoms with Crippen molar-refractivity contribution in [2.24, 2.45) is 0 Å². The highest BCUT2D eigenvalue weighted by atomic mass is 15.0. The molecule has 72 valence electrons. The van der Waals surface area contributed by atoms with Crippen LogP contribution in [0.1, 0.15) is 32.4 Å². The fourth-order valence-corrected chi connectivity index (χ4v) is 2.22. The number of nitrogens with one attached hydrogen (secondary N) is 2. The van der Waals surface area contributed by atoms with Gasteiger partial charge in [0.05, 0.1) is 0 Å². The Kier molecular flexibility index (Phi) is 2.16. The molecule has 1 fully saturated rings. The van der Waals surface area contributed by atoms with E-state index in [1.54, 1.807) is 0 Å². The molecule has 0 radical (unpaired) electrons. The summed E-state index contributed by atoms with van der Waals surface area (Å²) in [6, 6.07) is 4.89. The van der Waals surface area contributed by atoms with Gasteiger partial charge in [0.2, 0.25) is 0 Å². The first-order chi connectivity index (χ1) is 6.21. The molecule has 1 aromatic heterocycles. The molecular formula is C11H18N2. The van der Waals surface area contributed by atoms with Crippen LogP contribution >= 0.6 is 0 Å². The van der Waals surface area contributed by atoms with Crippen LogP contribution in [-0.4, -0.2) is 17.6 Å². The molecule has 2 heteroatoms. The van der Waals surface area contributed by atoms with E-state index < -0.39 is 0 Å². The third-order valence-electron chi connectivity index (χ3n) is 3.22. The van der Waals surface area contributed by atoms with E-state index in [9.17, 15) is 0 Å². The van der Waals surface area contributed by atoms with Gasteiger partial charge in [-0.25, -0.2) is 0 Å². The van der Waals surface area contributed by atoms with Crippen molar-refractivity contribution in [1.29, 1.82) is 0 Å². The van der Waals surface area contributed by atoms with Gasteiger partial charge < -0.3 is 10.3 Å². The predicted molar refractivity (Wildman–Crippen MR) is 54.8 cm³/mol. The molecule has 2 nitrogen and oxygen atoms in total. The number of H-pyrrole nitrogens is 1. The standard InChI is InChI=1S/C11H18N2/c1-11(2,9-5-3-7-12-9)10-6-4-8-13-10/h3,5,7,10,12-13H,4,6,8H2,1-2H3/t10-/m1/s1. The first-order valence-electron chi connectivity index (χ1n) is 5.08. The fourth-order valence-electron chi connectivity index (χ4n) is 2.22. The van der Waals surface area contributed by atoms with Crippen molar-refractivity contribution in [2.45, 2.75) is 38.1 Å². The van der Waals surface area contributed by atoms with Gasteiger partial charge in [0.1, 0.15) is 0 Å². The number of rotatable bonds is 2. The van der Waals surface area contributed by atoms with Crippen LogP contribution in [0.5, 0.6) is 0 Å². The van der Waals surface area contributed by atoms with Crippen molar-refractivity contribution in [3.05, 3.63) is 24.0 Å². The summed E-state index contributed by atoms with van der Waals surface area (Å²) in [5, 5.41) is 3.57. The second-order valence-electron chi connectivity index (χ2n) is 4.45. The molecule has 1 atom stereocenters. The lowest BCUT2D eigenvalue weighted by molar-refractivity contribution is 0.369. The second kappa shape index (κ2) is 3.18. The van der Waals surface area contributed by atoms with Crippen molar-refractivity contribution in [2.75, 3.05) is 6.54 Å².